The van der Waals surface area contributed by atoms with Gasteiger partial charge in [0, 0.05) is 23.0 Å². The van der Waals surface area contributed by atoms with Crippen LogP contribution in [-0.2, 0) is 11.3 Å². The fourth-order valence-corrected chi connectivity index (χ4v) is 4.35. The van der Waals surface area contributed by atoms with Crippen LogP contribution >= 0.6 is 11.8 Å². The summed E-state index contributed by atoms with van der Waals surface area (Å²) in [7, 11) is 0. The molecule has 0 N–H and O–H groups in total. The van der Waals surface area contributed by atoms with E-state index in [2.05, 4.69) is 4.98 Å². The Kier molecular flexibility index (Phi) is 5.40. The molecule has 32 heavy (non-hydrogen) atoms. The molecule has 0 radical (unpaired) electrons. The van der Waals surface area contributed by atoms with Crippen molar-refractivity contribution in [1.29, 1.82) is 0 Å². The van der Waals surface area contributed by atoms with Crippen LogP contribution in [0.5, 0.6) is 0 Å². The average molecular weight is 459 g/mol. The van der Waals surface area contributed by atoms with Crippen LogP contribution in [0.1, 0.15) is 25.0 Å². The fraction of sp³-hybridized carbons (Fsp3) is 0.261. The van der Waals surface area contributed by atoms with Crippen molar-refractivity contribution in [3.63, 3.8) is 0 Å². The quantitative estimate of drug-likeness (QED) is 0.360. The summed E-state index contributed by atoms with van der Waals surface area (Å²) in [6, 6.07) is 12.3. The largest absolute Gasteiger partial charge is 0.446 e. The van der Waals surface area contributed by atoms with Crippen molar-refractivity contribution >= 4 is 40.3 Å². The normalized spacial score (nSPS) is 16.3. The summed E-state index contributed by atoms with van der Waals surface area (Å²) in [5.41, 5.74) is -2.62. The number of carbonyl (C=O) groups is 2. The van der Waals surface area contributed by atoms with Gasteiger partial charge in [0.05, 0.1) is 11.2 Å². The zero-order chi connectivity index (χ0) is 23.3. The molecular weight excluding hydrogens is 439 g/mol. The highest BCUT2D eigenvalue weighted by atomic mass is 32.2. The number of aromatic nitrogens is 1. The topological polar surface area (TPSA) is 53.5 Å². The second-order valence-corrected chi connectivity index (χ2v) is 9.19. The van der Waals surface area contributed by atoms with E-state index in [0.717, 1.165) is 26.9 Å². The molecule has 1 aliphatic rings. The van der Waals surface area contributed by atoms with Gasteiger partial charge in [-0.3, -0.25) is 9.78 Å². The van der Waals surface area contributed by atoms with E-state index in [4.69, 9.17) is 0 Å². The lowest BCUT2D eigenvalue weighted by Gasteiger charge is -2.28. The molecule has 0 aliphatic carbocycles. The van der Waals surface area contributed by atoms with Gasteiger partial charge in [-0.15, -0.1) is 0 Å². The number of hydrogen-bond acceptors (Lipinski definition) is 4. The first-order chi connectivity index (χ1) is 15.0. The monoisotopic (exact) mass is 459 g/mol. The van der Waals surface area contributed by atoms with Crippen molar-refractivity contribution in [2.24, 2.45) is 0 Å². The molecule has 5 nitrogen and oxygen atoms in total. The zero-order valence-corrected chi connectivity index (χ0v) is 18.4. The first kappa shape index (κ1) is 22.1. The molecule has 1 fully saturated rings. The molecule has 3 aromatic rings. The van der Waals surface area contributed by atoms with Gasteiger partial charge in [0.15, 0.2) is 0 Å². The van der Waals surface area contributed by atoms with E-state index in [1.807, 2.05) is 31.2 Å². The van der Waals surface area contributed by atoms with Crippen molar-refractivity contribution in [2.75, 3.05) is 4.90 Å². The predicted molar refractivity (Wildman–Crippen MR) is 117 cm³/mol. The van der Waals surface area contributed by atoms with Crippen molar-refractivity contribution < 1.29 is 22.8 Å². The highest BCUT2D eigenvalue weighted by Gasteiger charge is 2.51. The van der Waals surface area contributed by atoms with Crippen LogP contribution < -0.4 is 4.90 Å². The van der Waals surface area contributed by atoms with Gasteiger partial charge in [0.1, 0.15) is 5.54 Å². The Balaban J connectivity index is 1.66. The molecule has 0 bridgehead atoms. The molecule has 9 heteroatoms. The standard InChI is InChI=1S/C23H20F3N3O2S/c1-14-5-4-6-18-15(11-12-27-19(14)18)13-28-21(31)29(20(30)22(28,2)3)16-7-9-17(10-8-16)32-23(24,25)26/h4-12H,13H2,1-3H3. The lowest BCUT2D eigenvalue weighted by atomic mass is 10.0. The number of para-hydroxylation sites is 1. The Morgan fingerprint density at radius 3 is 2.38 bits per heavy atom. The molecule has 0 saturated carbocycles. The van der Waals surface area contributed by atoms with Gasteiger partial charge in [-0.05, 0) is 74.0 Å². The number of benzene rings is 2. The van der Waals surface area contributed by atoms with Gasteiger partial charge in [0.25, 0.3) is 5.91 Å². The number of urea groups is 1. The highest BCUT2D eigenvalue weighted by Crippen LogP contribution is 2.39. The van der Waals surface area contributed by atoms with E-state index >= 15 is 0 Å². The van der Waals surface area contributed by atoms with E-state index in [1.165, 1.54) is 29.2 Å². The van der Waals surface area contributed by atoms with Gasteiger partial charge < -0.3 is 4.90 Å². The number of imide groups is 1. The minimum atomic E-state index is -4.41. The van der Waals surface area contributed by atoms with Gasteiger partial charge in [0.2, 0.25) is 0 Å². The van der Waals surface area contributed by atoms with E-state index in [0.29, 0.717) is 0 Å². The van der Waals surface area contributed by atoms with E-state index in [1.54, 1.807) is 20.0 Å². The number of thioether (sulfide) groups is 1. The van der Waals surface area contributed by atoms with Crippen LogP contribution in [0.15, 0.2) is 59.6 Å². The lowest BCUT2D eigenvalue weighted by molar-refractivity contribution is -0.123. The van der Waals surface area contributed by atoms with Crippen molar-refractivity contribution in [2.45, 2.75) is 43.3 Å². The summed E-state index contributed by atoms with van der Waals surface area (Å²) in [5, 5.41) is 0.899. The smallest absolute Gasteiger partial charge is 0.305 e. The number of rotatable bonds is 4. The maximum atomic E-state index is 13.3. The summed E-state index contributed by atoms with van der Waals surface area (Å²) in [5.74, 6) is -0.437. The zero-order valence-electron chi connectivity index (χ0n) is 17.6. The number of pyridine rings is 1. The summed E-state index contributed by atoms with van der Waals surface area (Å²) in [6.07, 6.45) is 1.68. The van der Waals surface area contributed by atoms with Crippen molar-refractivity contribution in [1.82, 2.24) is 9.88 Å². The van der Waals surface area contributed by atoms with Crippen LogP contribution in [0.4, 0.5) is 23.7 Å². The third-order valence-corrected chi connectivity index (χ3v) is 6.28. The molecule has 2 aromatic carbocycles. The van der Waals surface area contributed by atoms with Gasteiger partial charge in [-0.25, -0.2) is 9.69 Å². The molecule has 4 rings (SSSR count). The molecule has 2 heterocycles. The van der Waals surface area contributed by atoms with Crippen molar-refractivity contribution in [3.05, 3.63) is 65.9 Å². The molecule has 1 saturated heterocycles. The maximum Gasteiger partial charge on any atom is 0.446 e. The SMILES string of the molecule is Cc1cccc2c(CN3C(=O)N(c4ccc(SC(F)(F)F)cc4)C(=O)C3(C)C)ccnc12. The lowest BCUT2D eigenvalue weighted by Crippen LogP contribution is -2.43. The Bertz CT molecular complexity index is 1210. The number of anilines is 1. The number of fused-ring (bicyclic) bond motifs is 1. The van der Waals surface area contributed by atoms with Crippen molar-refractivity contribution in [3.8, 4) is 0 Å². The number of halogens is 3. The predicted octanol–water partition coefficient (Wildman–Crippen LogP) is 5.90. The van der Waals surface area contributed by atoms with Crippen LogP contribution in [-0.4, -0.2) is 32.9 Å². The Labute approximate surface area is 187 Å². The highest BCUT2D eigenvalue weighted by molar-refractivity contribution is 8.00. The van der Waals surface area contributed by atoms with Gasteiger partial charge in [-0.2, -0.15) is 13.2 Å². The Morgan fingerprint density at radius 1 is 1.03 bits per heavy atom. The number of aryl methyl sites for hydroxylation is 1. The molecule has 3 amide bonds. The maximum absolute atomic E-state index is 13.3. The first-order valence-electron chi connectivity index (χ1n) is 9.84. The van der Waals surface area contributed by atoms with Crippen LogP contribution in [0, 0.1) is 6.92 Å². The fourth-order valence-electron chi connectivity index (χ4n) is 3.81. The summed E-state index contributed by atoms with van der Waals surface area (Å²) in [6.45, 7) is 5.47. The minimum absolute atomic E-state index is 0.0184. The average Bonchev–Trinajstić information content (AvgIpc) is 2.88. The number of carbonyl (C=O) groups excluding carboxylic acids is 2. The number of nitrogens with zero attached hydrogens (tertiary/aromatic N) is 3. The third-order valence-electron chi connectivity index (χ3n) is 5.54. The first-order valence-corrected chi connectivity index (χ1v) is 10.7. The molecule has 1 aliphatic heterocycles. The number of alkyl halides is 3. The van der Waals surface area contributed by atoms with Crippen LogP contribution in [0.25, 0.3) is 10.9 Å². The van der Waals surface area contributed by atoms with E-state index < -0.39 is 23.0 Å². The molecule has 0 spiro atoms. The molecule has 0 atom stereocenters. The Morgan fingerprint density at radius 2 is 1.72 bits per heavy atom. The molecule has 0 unspecified atom stereocenters. The van der Waals surface area contributed by atoms with Crippen LogP contribution in [0.3, 0.4) is 0 Å². The molecule has 1 aromatic heterocycles. The second kappa shape index (κ2) is 7.81. The summed E-state index contributed by atoms with van der Waals surface area (Å²) >= 11 is -0.247. The van der Waals surface area contributed by atoms with Gasteiger partial charge >= 0.3 is 11.5 Å². The number of amides is 3. The molecular formula is C23H20F3N3O2S. The molecule has 166 valence electrons. The summed E-state index contributed by atoms with van der Waals surface area (Å²) in [4.78, 5) is 33.3. The van der Waals surface area contributed by atoms with Gasteiger partial charge in [-0.1, -0.05) is 18.2 Å². The summed E-state index contributed by atoms with van der Waals surface area (Å²) < 4.78 is 37.8. The second-order valence-electron chi connectivity index (χ2n) is 8.05. The Hall–Kier alpha value is -3.07. The van der Waals surface area contributed by atoms with Crippen LogP contribution in [0.2, 0.25) is 0 Å². The minimum Gasteiger partial charge on any atom is -0.305 e. The third kappa shape index (κ3) is 3.92. The van der Waals surface area contributed by atoms with E-state index in [-0.39, 0.29) is 28.9 Å². The van der Waals surface area contributed by atoms with E-state index in [9.17, 15) is 22.8 Å². The number of hydrogen-bond donors (Lipinski definition) is 0.